The lowest BCUT2D eigenvalue weighted by Crippen LogP contribution is -3.00. The summed E-state index contributed by atoms with van der Waals surface area (Å²) >= 11 is 1.25. The van der Waals surface area contributed by atoms with E-state index >= 15 is 4.39 Å². The zero-order valence-corrected chi connectivity index (χ0v) is 30.2. The van der Waals surface area contributed by atoms with E-state index in [4.69, 9.17) is 14.7 Å². The Bertz CT molecular complexity index is 2000. The fourth-order valence-electron chi connectivity index (χ4n) is 5.29. The summed E-state index contributed by atoms with van der Waals surface area (Å²) in [4.78, 5) is 28.9. The number of amides is 1. The predicted octanol–water partition coefficient (Wildman–Crippen LogP) is 2.44. The second kappa shape index (κ2) is 16.7. The maximum absolute atomic E-state index is 15.3. The van der Waals surface area contributed by atoms with Crippen LogP contribution in [0.3, 0.4) is 0 Å². The van der Waals surface area contributed by atoms with Crippen molar-refractivity contribution in [3.63, 3.8) is 0 Å². The Morgan fingerprint density at radius 3 is 2.58 bits per heavy atom. The van der Waals surface area contributed by atoms with E-state index in [0.29, 0.717) is 16.3 Å². The van der Waals surface area contributed by atoms with Gasteiger partial charge in [-0.05, 0) is 48.4 Å². The number of ether oxygens (including phenoxy) is 2. The average Bonchev–Trinajstić information content (AvgIpc) is 3.77. The first kappa shape index (κ1) is 38.0. The lowest BCUT2D eigenvalue weighted by atomic mass is 9.82. The molecule has 5 rings (SSSR count). The maximum atomic E-state index is 15.3. The van der Waals surface area contributed by atoms with Crippen molar-refractivity contribution < 1.29 is 61.5 Å². The summed E-state index contributed by atoms with van der Waals surface area (Å²) in [6.07, 6.45) is 2.02. The van der Waals surface area contributed by atoms with Crippen LogP contribution in [0.5, 0.6) is 0 Å². The standard InChI is InChI=1S/C35H32F2N6O5S.HI/c1-22-6-4-5-7-28(22)31(16-47-24(3)44)41-34(45)48-21-42-19-39-43(20-42)18-35(46,29-14-27(36)12-13-30(29)37)23(2)33-40-32(17-49-33)26-10-8-25(15-38)9-11-26;/h4-14,17,19-20,23,31,46H,16,18,21H2,1-3H3;1H/t23-,31?,35+;/m0./s1. The topological polar surface area (TPSA) is 143 Å². The number of esters is 1. The van der Waals surface area contributed by atoms with Gasteiger partial charge in [-0.2, -0.15) is 5.26 Å². The molecule has 0 spiro atoms. The molecular formula is C35H33F2IN6O5S. The van der Waals surface area contributed by atoms with Crippen LogP contribution >= 0.6 is 11.3 Å². The number of nitrogens with one attached hydrogen (secondary N) is 1. The fourth-order valence-corrected chi connectivity index (χ4v) is 6.26. The molecule has 1 amide bonds. The quantitative estimate of drug-likeness (QED) is 0.111. The minimum atomic E-state index is -2.02. The Kier molecular flexibility index (Phi) is 12.7. The number of thiazole rings is 1. The van der Waals surface area contributed by atoms with Gasteiger partial charge in [-0.3, -0.25) is 4.79 Å². The van der Waals surface area contributed by atoms with Crippen molar-refractivity contribution >= 4 is 23.4 Å². The van der Waals surface area contributed by atoms with Gasteiger partial charge in [0.2, 0.25) is 13.1 Å². The summed E-state index contributed by atoms with van der Waals surface area (Å²) in [6.45, 7) is 4.13. The molecule has 2 heterocycles. The zero-order valence-electron chi connectivity index (χ0n) is 27.2. The number of aromatic nitrogens is 4. The number of carbonyl (C=O) groups excluding carboxylic acids is 2. The molecule has 0 fully saturated rings. The van der Waals surface area contributed by atoms with Crippen molar-refractivity contribution in [2.75, 3.05) is 6.61 Å². The summed E-state index contributed by atoms with van der Waals surface area (Å²) in [7, 11) is 0. The van der Waals surface area contributed by atoms with Crippen molar-refractivity contribution in [1.82, 2.24) is 20.1 Å². The first-order valence-electron chi connectivity index (χ1n) is 15.1. The van der Waals surface area contributed by atoms with Gasteiger partial charge < -0.3 is 43.9 Å². The molecule has 3 aromatic carbocycles. The van der Waals surface area contributed by atoms with Crippen LogP contribution in [0.2, 0.25) is 0 Å². The van der Waals surface area contributed by atoms with Gasteiger partial charge in [-0.25, -0.2) is 23.1 Å². The van der Waals surface area contributed by atoms with Crippen LogP contribution in [0.25, 0.3) is 11.3 Å². The molecule has 0 bridgehead atoms. The van der Waals surface area contributed by atoms with Gasteiger partial charge in [-0.1, -0.05) is 43.3 Å². The van der Waals surface area contributed by atoms with Crippen LogP contribution in [0.1, 0.15) is 53.1 Å². The first-order chi connectivity index (χ1) is 23.5. The van der Waals surface area contributed by atoms with Crippen LogP contribution in [-0.2, 0) is 33.1 Å². The first-order valence-corrected chi connectivity index (χ1v) is 16.0. The van der Waals surface area contributed by atoms with E-state index in [-0.39, 0.29) is 49.4 Å². The van der Waals surface area contributed by atoms with Crippen LogP contribution in [0, 0.1) is 29.9 Å². The average molecular weight is 815 g/mol. The van der Waals surface area contributed by atoms with Crippen molar-refractivity contribution in [3.05, 3.63) is 124 Å². The largest absolute Gasteiger partial charge is 1.00 e. The molecule has 0 saturated carbocycles. The summed E-state index contributed by atoms with van der Waals surface area (Å²) in [5, 5.41) is 30.5. The van der Waals surface area contributed by atoms with Gasteiger partial charge in [0.25, 0.3) is 6.33 Å². The highest BCUT2D eigenvalue weighted by molar-refractivity contribution is 7.10. The summed E-state index contributed by atoms with van der Waals surface area (Å²) < 4.78 is 43.0. The maximum Gasteiger partial charge on any atom is 0.410 e. The number of aliphatic hydroxyl groups is 1. The lowest BCUT2D eigenvalue weighted by Gasteiger charge is -2.32. The number of alkyl carbamates (subject to hydrolysis) is 1. The van der Waals surface area contributed by atoms with Crippen LogP contribution in [-0.4, -0.2) is 38.5 Å². The van der Waals surface area contributed by atoms with Crippen LogP contribution < -0.4 is 33.9 Å². The van der Waals surface area contributed by atoms with Crippen molar-refractivity contribution in [2.45, 2.75) is 51.6 Å². The van der Waals surface area contributed by atoms with E-state index in [1.54, 1.807) is 42.6 Å². The van der Waals surface area contributed by atoms with Gasteiger partial charge in [-0.15, -0.1) is 16.0 Å². The molecule has 0 radical (unpaired) electrons. The number of nitrogens with zero attached hydrogens (tertiary/aromatic N) is 5. The summed E-state index contributed by atoms with van der Waals surface area (Å²) in [6, 6.07) is 18.5. The molecule has 5 aromatic rings. The van der Waals surface area contributed by atoms with E-state index in [9.17, 15) is 19.1 Å². The third-order valence-electron chi connectivity index (χ3n) is 8.00. The molecule has 3 atom stereocenters. The molecule has 0 saturated heterocycles. The predicted molar refractivity (Wildman–Crippen MR) is 174 cm³/mol. The monoisotopic (exact) mass is 814 g/mol. The molecule has 0 aliphatic carbocycles. The van der Waals surface area contributed by atoms with Gasteiger partial charge in [0, 0.05) is 34.4 Å². The van der Waals surface area contributed by atoms with Gasteiger partial charge in [0.15, 0.2) is 0 Å². The second-order valence-corrected chi connectivity index (χ2v) is 12.3. The molecule has 1 unspecified atom stereocenters. The Hall–Kier alpha value is -4.79. The minimum Gasteiger partial charge on any atom is -1.00 e. The Morgan fingerprint density at radius 2 is 1.88 bits per heavy atom. The van der Waals surface area contributed by atoms with Crippen LogP contribution in [0.15, 0.2) is 84.8 Å². The molecule has 15 heteroatoms. The van der Waals surface area contributed by atoms with Gasteiger partial charge >= 0.3 is 12.1 Å². The number of aryl methyl sites for hydroxylation is 1. The van der Waals surface area contributed by atoms with E-state index in [1.807, 2.05) is 25.1 Å². The number of benzene rings is 3. The second-order valence-electron chi connectivity index (χ2n) is 11.4. The van der Waals surface area contributed by atoms with E-state index in [1.165, 1.54) is 40.2 Å². The van der Waals surface area contributed by atoms with E-state index < -0.39 is 41.3 Å². The number of halogens is 3. The third kappa shape index (κ3) is 9.05. The van der Waals surface area contributed by atoms with Crippen molar-refractivity contribution in [1.29, 1.82) is 5.26 Å². The number of rotatable bonds is 12. The molecule has 2 N–H and O–H groups in total. The molecule has 260 valence electrons. The third-order valence-corrected chi connectivity index (χ3v) is 9.03. The van der Waals surface area contributed by atoms with Crippen molar-refractivity contribution in [2.24, 2.45) is 0 Å². The number of hydrogen-bond acceptors (Lipinski definition) is 9. The summed E-state index contributed by atoms with van der Waals surface area (Å²) in [5.74, 6) is -2.87. The minimum absolute atomic E-state index is 0. The number of carbonyl (C=O) groups is 2. The van der Waals surface area contributed by atoms with Crippen LogP contribution in [0.4, 0.5) is 13.6 Å². The highest BCUT2D eigenvalue weighted by atomic mass is 127. The SMILES string of the molecule is CC(=O)OCC(NC(=O)OC[n+]1cnn(C[C@](O)(c2cc(F)ccc2F)[C@@H](C)c2nc(-c3ccc(C#N)cc3)cs2)c1)c1ccccc1C.[I-]. The zero-order chi connectivity index (χ0) is 35.1. The molecule has 0 aliphatic heterocycles. The van der Waals surface area contributed by atoms with E-state index in [2.05, 4.69) is 21.5 Å². The Balaban J connectivity index is 0.00000562. The molecule has 50 heavy (non-hydrogen) atoms. The lowest BCUT2D eigenvalue weighted by molar-refractivity contribution is -0.728. The normalized spacial score (nSPS) is 13.2. The fraction of sp³-hybridized carbons (Fsp3) is 0.257. The Labute approximate surface area is 308 Å². The van der Waals surface area contributed by atoms with Crippen molar-refractivity contribution in [3.8, 4) is 17.3 Å². The Morgan fingerprint density at radius 1 is 1.14 bits per heavy atom. The smallest absolute Gasteiger partial charge is 0.410 e. The highest BCUT2D eigenvalue weighted by Gasteiger charge is 2.43. The molecule has 11 nitrogen and oxygen atoms in total. The molecule has 2 aromatic heterocycles. The molecular weight excluding hydrogens is 781 g/mol. The summed E-state index contributed by atoms with van der Waals surface area (Å²) in [5.41, 5.74) is 1.19. The number of nitriles is 1. The van der Waals surface area contributed by atoms with E-state index in [0.717, 1.165) is 34.9 Å². The number of hydrogen-bond donors (Lipinski definition) is 2. The highest BCUT2D eigenvalue weighted by Crippen LogP contribution is 2.41. The van der Waals surface area contributed by atoms with Gasteiger partial charge in [0.1, 0.15) is 30.4 Å². The molecule has 0 aliphatic rings. The van der Waals surface area contributed by atoms with Gasteiger partial charge in [0.05, 0.1) is 28.4 Å².